The zero-order valence-electron chi connectivity index (χ0n) is 21.9. The Kier molecular flexibility index (Phi) is 13.7. The largest absolute Gasteiger partial charge is 0.480 e. The van der Waals surface area contributed by atoms with Gasteiger partial charge in [0.1, 0.15) is 11.5 Å². The van der Waals surface area contributed by atoms with Crippen molar-refractivity contribution in [2.24, 2.45) is 5.41 Å². The molecule has 0 spiro atoms. The van der Waals surface area contributed by atoms with Gasteiger partial charge in [-0.25, -0.2) is 0 Å². The predicted octanol–water partition coefficient (Wildman–Crippen LogP) is 8.66. The number of aryl methyl sites for hydroxylation is 1. The van der Waals surface area contributed by atoms with Crippen LogP contribution in [0, 0.1) is 5.41 Å². The molecule has 5 heteroatoms. The lowest BCUT2D eigenvalue weighted by Crippen LogP contribution is -2.39. The molecule has 0 atom stereocenters. The van der Waals surface area contributed by atoms with Gasteiger partial charge in [-0.2, -0.15) is 0 Å². The molecule has 0 aliphatic heterocycles. The van der Waals surface area contributed by atoms with Gasteiger partial charge in [-0.15, -0.1) is 0 Å². The van der Waals surface area contributed by atoms with Crippen LogP contribution in [0.2, 0.25) is 0 Å². The highest BCUT2D eigenvalue weighted by molar-refractivity contribution is 5.98. The molecule has 0 saturated heterocycles. The highest BCUT2D eigenvalue weighted by Gasteiger charge is 2.45. The molecule has 198 valence electrons. The molecule has 0 aliphatic rings. The fourth-order valence-corrected chi connectivity index (χ4v) is 4.70. The number of hydrogen-bond acceptors (Lipinski definition) is 3. The lowest BCUT2D eigenvalue weighted by atomic mass is 9.77. The molecule has 2 rings (SSSR count). The smallest absolute Gasteiger partial charge is 0.321 e. The van der Waals surface area contributed by atoms with Gasteiger partial charge in [0.25, 0.3) is 0 Å². The van der Waals surface area contributed by atoms with Gasteiger partial charge in [-0.05, 0) is 55.5 Å². The molecule has 2 aromatic rings. The maximum atomic E-state index is 12.0. The second-order valence-electron chi connectivity index (χ2n) is 9.89. The van der Waals surface area contributed by atoms with Crippen LogP contribution in [0.25, 0.3) is 0 Å². The molecule has 0 aliphatic carbocycles. The molecular weight excluding hydrogens is 452 g/mol. The molecule has 0 heterocycles. The van der Waals surface area contributed by atoms with Crippen molar-refractivity contribution in [3.8, 4) is 11.5 Å². The summed E-state index contributed by atoms with van der Waals surface area (Å²) in [5.74, 6) is -0.882. The molecule has 0 bridgehead atoms. The van der Waals surface area contributed by atoms with Crippen LogP contribution in [0.15, 0.2) is 54.6 Å². The van der Waals surface area contributed by atoms with Gasteiger partial charge in [-0.1, -0.05) is 108 Å². The molecule has 2 N–H and O–H groups in total. The summed E-state index contributed by atoms with van der Waals surface area (Å²) in [5.41, 5.74) is -0.590. The maximum Gasteiger partial charge on any atom is 0.321 e. The van der Waals surface area contributed by atoms with Crippen LogP contribution in [-0.2, 0) is 16.0 Å². The number of hydrogen-bond donors (Lipinski definition) is 2. The summed E-state index contributed by atoms with van der Waals surface area (Å²) in [6, 6.07) is 17.4. The Hall–Kier alpha value is -2.82. The lowest BCUT2D eigenvalue weighted by Gasteiger charge is -2.25. The van der Waals surface area contributed by atoms with Crippen LogP contribution in [-0.4, -0.2) is 22.2 Å². The normalized spacial score (nSPS) is 11.4. The molecule has 0 radical (unpaired) electrons. The summed E-state index contributed by atoms with van der Waals surface area (Å²) >= 11 is 0. The third-order valence-corrected chi connectivity index (χ3v) is 6.97. The van der Waals surface area contributed by atoms with Gasteiger partial charge in [0, 0.05) is 0 Å². The van der Waals surface area contributed by atoms with Gasteiger partial charge in [0.15, 0.2) is 5.41 Å². The van der Waals surface area contributed by atoms with Crippen LogP contribution < -0.4 is 4.74 Å². The molecule has 0 unspecified atom stereocenters. The van der Waals surface area contributed by atoms with E-state index in [-0.39, 0.29) is 12.8 Å². The number of rotatable bonds is 20. The van der Waals surface area contributed by atoms with E-state index in [2.05, 4.69) is 6.92 Å². The van der Waals surface area contributed by atoms with Crippen molar-refractivity contribution in [2.45, 2.75) is 103 Å². The summed E-state index contributed by atoms with van der Waals surface area (Å²) in [6.07, 6.45) is 13.8. The maximum absolute atomic E-state index is 12.0. The minimum atomic E-state index is -1.68. The number of carbonyl (C=O) groups is 2. The number of benzene rings is 2. The van der Waals surface area contributed by atoms with Crippen molar-refractivity contribution in [2.75, 3.05) is 0 Å². The number of ether oxygens (including phenoxy) is 1. The Balaban J connectivity index is 1.75. The summed E-state index contributed by atoms with van der Waals surface area (Å²) in [6.45, 7) is 2.22. The van der Waals surface area contributed by atoms with Crippen molar-refractivity contribution in [1.82, 2.24) is 0 Å². The molecule has 36 heavy (non-hydrogen) atoms. The van der Waals surface area contributed by atoms with Gasteiger partial charge in [-0.3, -0.25) is 9.59 Å². The van der Waals surface area contributed by atoms with Gasteiger partial charge in [0.05, 0.1) is 0 Å². The molecule has 2 aromatic carbocycles. The first kappa shape index (κ1) is 29.4. The van der Waals surface area contributed by atoms with E-state index >= 15 is 0 Å². The molecule has 0 amide bonds. The fraction of sp³-hybridized carbons (Fsp3) is 0.548. The second kappa shape index (κ2) is 16.8. The molecule has 0 fully saturated rings. The van der Waals surface area contributed by atoms with Crippen molar-refractivity contribution < 1.29 is 24.5 Å². The number of para-hydroxylation sites is 1. The molecule has 0 aromatic heterocycles. The Morgan fingerprint density at radius 3 is 1.78 bits per heavy atom. The van der Waals surface area contributed by atoms with E-state index in [0.717, 1.165) is 49.2 Å². The molecule has 0 saturated carbocycles. The van der Waals surface area contributed by atoms with Crippen LogP contribution in [0.5, 0.6) is 11.5 Å². The lowest BCUT2D eigenvalue weighted by molar-refractivity contribution is -0.166. The third-order valence-electron chi connectivity index (χ3n) is 6.97. The van der Waals surface area contributed by atoms with E-state index in [1.165, 1.54) is 38.5 Å². The van der Waals surface area contributed by atoms with E-state index in [4.69, 9.17) is 4.74 Å². The number of carboxylic acids is 2. The van der Waals surface area contributed by atoms with Crippen molar-refractivity contribution in [3.05, 3.63) is 60.2 Å². The third kappa shape index (κ3) is 10.4. The topological polar surface area (TPSA) is 83.8 Å². The summed E-state index contributed by atoms with van der Waals surface area (Å²) in [4.78, 5) is 24.1. The Labute approximate surface area is 216 Å². The Morgan fingerprint density at radius 1 is 0.667 bits per heavy atom. The van der Waals surface area contributed by atoms with Crippen molar-refractivity contribution in [1.29, 1.82) is 0 Å². The zero-order valence-corrected chi connectivity index (χ0v) is 21.9. The fourth-order valence-electron chi connectivity index (χ4n) is 4.70. The van der Waals surface area contributed by atoms with Gasteiger partial charge in [0.2, 0.25) is 0 Å². The highest BCUT2D eigenvalue weighted by atomic mass is 16.5. The van der Waals surface area contributed by atoms with Gasteiger partial charge < -0.3 is 14.9 Å². The number of aliphatic carboxylic acids is 2. The second-order valence-corrected chi connectivity index (χ2v) is 9.89. The molecular formula is C31H44O5. The summed E-state index contributed by atoms with van der Waals surface area (Å²) in [7, 11) is 0. The van der Waals surface area contributed by atoms with Crippen molar-refractivity contribution >= 4 is 11.9 Å². The van der Waals surface area contributed by atoms with E-state index in [1.807, 2.05) is 54.6 Å². The van der Waals surface area contributed by atoms with E-state index in [1.54, 1.807) is 0 Å². The van der Waals surface area contributed by atoms with E-state index < -0.39 is 17.4 Å². The Morgan fingerprint density at radius 2 is 1.19 bits per heavy atom. The average molecular weight is 497 g/mol. The van der Waals surface area contributed by atoms with Crippen LogP contribution >= 0.6 is 0 Å². The number of unbranched alkanes of at least 4 members (excludes halogenated alkanes) is 10. The Bertz CT molecular complexity index is 879. The SMILES string of the molecule is CCCCCCCCCCCCC(CCCCc1cccc(Oc2ccccc2)c1)(C(=O)O)C(=O)O. The van der Waals surface area contributed by atoms with Gasteiger partial charge >= 0.3 is 11.9 Å². The minimum absolute atomic E-state index is 0.162. The van der Waals surface area contributed by atoms with E-state index in [9.17, 15) is 19.8 Å². The monoisotopic (exact) mass is 496 g/mol. The predicted molar refractivity (Wildman–Crippen MR) is 145 cm³/mol. The summed E-state index contributed by atoms with van der Waals surface area (Å²) in [5, 5.41) is 19.7. The van der Waals surface area contributed by atoms with E-state index in [0.29, 0.717) is 12.8 Å². The van der Waals surface area contributed by atoms with Crippen LogP contribution in [0.4, 0.5) is 0 Å². The van der Waals surface area contributed by atoms with Crippen LogP contribution in [0.3, 0.4) is 0 Å². The van der Waals surface area contributed by atoms with Crippen LogP contribution in [0.1, 0.15) is 102 Å². The zero-order chi connectivity index (χ0) is 26.1. The highest BCUT2D eigenvalue weighted by Crippen LogP contribution is 2.33. The molecule has 5 nitrogen and oxygen atoms in total. The summed E-state index contributed by atoms with van der Waals surface area (Å²) < 4.78 is 5.89. The first-order valence-corrected chi connectivity index (χ1v) is 13.8. The quantitative estimate of drug-likeness (QED) is 0.141. The number of carboxylic acid groups (broad SMARTS) is 2. The first-order valence-electron chi connectivity index (χ1n) is 13.8. The minimum Gasteiger partial charge on any atom is -0.480 e. The average Bonchev–Trinajstić information content (AvgIpc) is 2.87. The standard InChI is InChI=1S/C31H44O5/c1-2-3-4-5-6-7-8-9-10-15-23-31(29(32)33,30(34)35)24-16-14-18-26-19-17-22-28(25-26)36-27-20-12-11-13-21-27/h11-13,17,19-22,25H,2-10,14-16,18,23-24H2,1H3,(H,32,33)(H,34,35). The first-order chi connectivity index (χ1) is 17.5. The van der Waals surface area contributed by atoms with Crippen molar-refractivity contribution in [3.63, 3.8) is 0 Å².